The van der Waals surface area contributed by atoms with Crippen LogP contribution in [0.15, 0.2) is 29.2 Å². The van der Waals surface area contributed by atoms with Crippen molar-refractivity contribution in [3.63, 3.8) is 0 Å². The Balaban J connectivity index is 1.19. The summed E-state index contributed by atoms with van der Waals surface area (Å²) in [5, 5.41) is 0. The monoisotopic (exact) mass is 407 g/mol. The predicted molar refractivity (Wildman–Crippen MR) is 110 cm³/mol. The Kier molecular flexibility index (Phi) is 5.73. The fourth-order valence-electron chi connectivity index (χ4n) is 4.55. The van der Waals surface area contributed by atoms with E-state index in [0.29, 0.717) is 22.6 Å². The summed E-state index contributed by atoms with van der Waals surface area (Å²) in [4.78, 5) is 2.99. The Morgan fingerprint density at radius 2 is 1.43 bits per heavy atom. The highest BCUT2D eigenvalue weighted by atomic mass is 32.2. The summed E-state index contributed by atoms with van der Waals surface area (Å²) in [6.45, 7) is 4.76. The second-order valence-corrected chi connectivity index (χ2v) is 11.1. The lowest BCUT2D eigenvalue weighted by molar-refractivity contribution is -0.0706. The van der Waals surface area contributed by atoms with E-state index in [2.05, 4.69) is 11.8 Å². The molecule has 0 spiro atoms. The predicted octanol–water partition coefficient (Wildman–Crippen LogP) is 3.81. The summed E-state index contributed by atoms with van der Waals surface area (Å²) < 4.78 is 35.6. The maximum atomic E-state index is 11.5. The van der Waals surface area contributed by atoms with E-state index < -0.39 is 9.84 Å². The molecule has 1 heterocycles. The number of nitrogens with zero attached hydrogens (tertiary/aromatic N) is 1. The molecule has 0 N–H and O–H groups in total. The van der Waals surface area contributed by atoms with Gasteiger partial charge in [-0.15, -0.1) is 0 Å². The topological polar surface area (TPSA) is 55.8 Å². The van der Waals surface area contributed by atoms with Gasteiger partial charge in [-0.25, -0.2) is 8.42 Å². The number of ether oxygens (including phenoxy) is 2. The van der Waals surface area contributed by atoms with Gasteiger partial charge < -0.3 is 9.47 Å². The highest BCUT2D eigenvalue weighted by molar-refractivity contribution is 7.90. The Morgan fingerprint density at radius 1 is 0.893 bits per heavy atom. The first-order valence-electron chi connectivity index (χ1n) is 10.7. The largest absolute Gasteiger partial charge is 0.490 e. The maximum absolute atomic E-state index is 11.5. The maximum Gasteiger partial charge on any atom is 0.175 e. The number of rotatable bonds is 6. The minimum absolute atomic E-state index is 0.195. The summed E-state index contributed by atoms with van der Waals surface area (Å²) in [7, 11) is -3.16. The van der Waals surface area contributed by atoms with Gasteiger partial charge in [0.1, 0.15) is 5.75 Å². The zero-order valence-electron chi connectivity index (χ0n) is 17.1. The first kappa shape index (κ1) is 20.2. The van der Waals surface area contributed by atoms with E-state index in [-0.39, 0.29) is 6.10 Å². The smallest absolute Gasteiger partial charge is 0.175 e. The Labute approximate surface area is 169 Å². The fourth-order valence-corrected chi connectivity index (χ4v) is 5.18. The second kappa shape index (κ2) is 7.96. The van der Waals surface area contributed by atoms with Gasteiger partial charge in [0.25, 0.3) is 0 Å². The average molecular weight is 408 g/mol. The number of benzene rings is 1. The highest BCUT2D eigenvalue weighted by Gasteiger charge is 2.44. The minimum atomic E-state index is -3.16. The third kappa shape index (κ3) is 4.89. The molecule has 2 saturated carbocycles. The van der Waals surface area contributed by atoms with Gasteiger partial charge in [-0.3, -0.25) is 4.90 Å². The van der Waals surface area contributed by atoms with Crippen LogP contribution in [0.2, 0.25) is 0 Å². The number of hydrogen-bond donors (Lipinski definition) is 0. The Hall–Kier alpha value is -1.11. The van der Waals surface area contributed by atoms with Gasteiger partial charge in [-0.05, 0) is 82.6 Å². The van der Waals surface area contributed by atoms with Crippen LogP contribution in [0.3, 0.4) is 0 Å². The third-order valence-electron chi connectivity index (χ3n) is 6.74. The molecule has 0 bridgehead atoms. The van der Waals surface area contributed by atoms with Gasteiger partial charge in [-0.2, -0.15) is 0 Å². The van der Waals surface area contributed by atoms with E-state index in [4.69, 9.17) is 9.47 Å². The quantitative estimate of drug-likeness (QED) is 0.718. The van der Waals surface area contributed by atoms with Crippen LogP contribution in [0.1, 0.15) is 58.3 Å². The molecule has 0 radical (unpaired) electrons. The zero-order valence-corrected chi connectivity index (χ0v) is 17.9. The van der Waals surface area contributed by atoms with Gasteiger partial charge in [-0.1, -0.05) is 0 Å². The molecule has 1 saturated heterocycles. The van der Waals surface area contributed by atoms with Crippen molar-refractivity contribution >= 4 is 9.84 Å². The lowest BCUT2D eigenvalue weighted by Gasteiger charge is -2.38. The van der Waals surface area contributed by atoms with Crippen LogP contribution in [-0.2, 0) is 14.6 Å². The van der Waals surface area contributed by atoms with Crippen molar-refractivity contribution in [3.05, 3.63) is 24.3 Å². The van der Waals surface area contributed by atoms with Crippen molar-refractivity contribution in [1.82, 2.24) is 4.90 Å². The van der Waals surface area contributed by atoms with Crippen molar-refractivity contribution in [2.75, 3.05) is 19.3 Å². The highest BCUT2D eigenvalue weighted by Crippen LogP contribution is 2.42. The molecule has 5 nitrogen and oxygen atoms in total. The molecule has 6 heteroatoms. The second-order valence-electron chi connectivity index (χ2n) is 9.08. The van der Waals surface area contributed by atoms with Crippen molar-refractivity contribution < 1.29 is 17.9 Å². The minimum Gasteiger partial charge on any atom is -0.490 e. The molecule has 1 aliphatic heterocycles. The molecule has 0 amide bonds. The van der Waals surface area contributed by atoms with Crippen molar-refractivity contribution in [2.45, 2.75) is 87.0 Å². The fraction of sp³-hybridized carbons (Fsp3) is 0.727. The average Bonchev–Trinajstić information content (AvgIpc) is 3.42. The first-order chi connectivity index (χ1) is 13.3. The standard InChI is InChI=1S/C22H33NO4S/c1-22(13-14-22)23-15-11-20(12-16-23)27-18-5-3-17(4-6-18)26-19-7-9-21(10-8-19)28(2,24)25/h7-10,17-18,20H,3-6,11-16H2,1-2H3. The van der Waals surface area contributed by atoms with E-state index in [9.17, 15) is 8.42 Å². The molecule has 28 heavy (non-hydrogen) atoms. The van der Waals surface area contributed by atoms with Crippen molar-refractivity contribution in [2.24, 2.45) is 0 Å². The van der Waals surface area contributed by atoms with Gasteiger partial charge in [0.2, 0.25) is 0 Å². The summed E-state index contributed by atoms with van der Waals surface area (Å²) in [5.41, 5.74) is 0.500. The molecule has 1 aromatic carbocycles. The van der Waals surface area contributed by atoms with E-state index in [1.807, 2.05) is 0 Å². The molecular weight excluding hydrogens is 374 g/mol. The van der Waals surface area contributed by atoms with Gasteiger partial charge in [0, 0.05) is 24.9 Å². The summed E-state index contributed by atoms with van der Waals surface area (Å²) in [6.07, 6.45) is 11.3. The molecule has 0 unspecified atom stereocenters. The summed E-state index contributed by atoms with van der Waals surface area (Å²) in [6, 6.07) is 6.75. The van der Waals surface area contributed by atoms with Crippen LogP contribution >= 0.6 is 0 Å². The Bertz CT molecular complexity index is 756. The van der Waals surface area contributed by atoms with Crippen LogP contribution in [0.5, 0.6) is 5.75 Å². The van der Waals surface area contributed by atoms with Crippen LogP contribution in [0.25, 0.3) is 0 Å². The number of piperidine rings is 1. The molecule has 0 atom stereocenters. The van der Waals surface area contributed by atoms with Crippen LogP contribution in [0, 0.1) is 0 Å². The normalized spacial score (nSPS) is 28.8. The molecule has 2 aliphatic carbocycles. The summed E-state index contributed by atoms with van der Waals surface area (Å²) in [5.74, 6) is 0.748. The van der Waals surface area contributed by atoms with E-state index in [1.54, 1.807) is 24.3 Å². The molecule has 3 fully saturated rings. The number of sulfone groups is 1. The molecule has 3 aliphatic rings. The molecule has 0 aromatic heterocycles. The zero-order chi connectivity index (χ0) is 19.8. The van der Waals surface area contributed by atoms with Gasteiger partial charge >= 0.3 is 0 Å². The van der Waals surface area contributed by atoms with E-state index in [1.165, 1.54) is 45.0 Å². The third-order valence-corrected chi connectivity index (χ3v) is 7.87. The van der Waals surface area contributed by atoms with E-state index >= 15 is 0 Å². The first-order valence-corrected chi connectivity index (χ1v) is 12.6. The van der Waals surface area contributed by atoms with Crippen LogP contribution < -0.4 is 4.74 Å². The van der Waals surface area contributed by atoms with Crippen LogP contribution in [-0.4, -0.2) is 56.5 Å². The van der Waals surface area contributed by atoms with Gasteiger partial charge in [0.05, 0.1) is 23.2 Å². The SMILES string of the molecule is CC1(N2CCC(OC3CCC(Oc4ccc(S(C)(=O)=O)cc4)CC3)CC2)CC1. The van der Waals surface area contributed by atoms with Gasteiger partial charge in [0.15, 0.2) is 9.84 Å². The van der Waals surface area contributed by atoms with Crippen molar-refractivity contribution in [1.29, 1.82) is 0 Å². The lowest BCUT2D eigenvalue weighted by Crippen LogP contribution is -2.44. The summed E-state index contributed by atoms with van der Waals surface area (Å²) >= 11 is 0. The molecule has 156 valence electrons. The Morgan fingerprint density at radius 3 is 1.96 bits per heavy atom. The van der Waals surface area contributed by atoms with Crippen molar-refractivity contribution in [3.8, 4) is 5.75 Å². The van der Waals surface area contributed by atoms with Crippen LogP contribution in [0.4, 0.5) is 0 Å². The number of likely N-dealkylation sites (tertiary alicyclic amines) is 1. The molecular formula is C22H33NO4S. The molecule has 1 aromatic rings. The number of hydrogen-bond acceptors (Lipinski definition) is 5. The molecule has 4 rings (SSSR count). The van der Waals surface area contributed by atoms with E-state index in [0.717, 1.165) is 31.4 Å². The lowest BCUT2D eigenvalue weighted by atomic mass is 9.94.